The summed E-state index contributed by atoms with van der Waals surface area (Å²) in [5, 5.41) is 11.3. The molecule has 3 nitrogen and oxygen atoms in total. The number of esters is 1. The summed E-state index contributed by atoms with van der Waals surface area (Å²) < 4.78 is 5.71. The van der Waals surface area contributed by atoms with Gasteiger partial charge in [0, 0.05) is 10.4 Å². The summed E-state index contributed by atoms with van der Waals surface area (Å²) in [6.07, 6.45) is 0. The Hall–Kier alpha value is -1.29. The topological polar surface area (TPSA) is 50.1 Å². The predicted molar refractivity (Wildman–Crippen MR) is 80.1 cm³/mol. The third-order valence-electron chi connectivity index (χ3n) is 2.40. The highest BCUT2D eigenvalue weighted by Gasteiger charge is 2.25. The van der Waals surface area contributed by atoms with Gasteiger partial charge in [-0.05, 0) is 17.2 Å². The van der Waals surface area contributed by atoms with E-state index < -0.39 is 0 Å². The lowest BCUT2D eigenvalue weighted by molar-refractivity contribution is 0.0607. The first kappa shape index (κ1) is 14.1. The number of carbonyl (C=O) groups is 1. The number of methoxy groups -OCH3 is 1. The van der Waals surface area contributed by atoms with Crippen LogP contribution < -0.4 is 0 Å². The Bertz CT molecular complexity index is 623. The normalized spacial score (nSPS) is 10.2. The van der Waals surface area contributed by atoms with E-state index in [1.807, 2.05) is 24.4 Å². The third-order valence-corrected chi connectivity index (χ3v) is 5.61. The molecule has 0 saturated heterocycles. The third kappa shape index (κ3) is 2.68. The van der Waals surface area contributed by atoms with Gasteiger partial charge in [0.1, 0.15) is 10.9 Å². The van der Waals surface area contributed by atoms with E-state index in [4.69, 9.17) is 4.74 Å². The van der Waals surface area contributed by atoms with E-state index in [0.29, 0.717) is 16.0 Å². The number of thiophene rings is 2. The summed E-state index contributed by atoms with van der Waals surface area (Å²) in [7, 11) is 1.36. The maximum Gasteiger partial charge on any atom is 0.348 e. The molecule has 0 atom stereocenters. The molecule has 2 heterocycles. The number of nitrogens with zero attached hydrogens (tertiary/aromatic N) is 1. The van der Waals surface area contributed by atoms with Crippen LogP contribution in [0, 0.1) is 11.3 Å². The van der Waals surface area contributed by atoms with E-state index in [2.05, 4.69) is 6.07 Å². The van der Waals surface area contributed by atoms with Crippen molar-refractivity contribution in [3.63, 3.8) is 0 Å². The van der Waals surface area contributed by atoms with Crippen molar-refractivity contribution in [1.82, 2.24) is 0 Å². The fourth-order valence-corrected chi connectivity index (χ4v) is 4.79. The van der Waals surface area contributed by atoms with Crippen molar-refractivity contribution in [3.8, 4) is 16.5 Å². The molecule has 0 spiro atoms. The standard InChI is InChI=1S/C13H11NO2S3/c1-3-17-13-8(7-14)10(9-5-4-6-18-9)11(19-13)12(15)16-2/h4-6H,3H2,1-2H3. The molecule has 6 heteroatoms. The van der Waals surface area contributed by atoms with Crippen LogP contribution in [0.15, 0.2) is 21.7 Å². The molecule has 2 aromatic heterocycles. The number of nitriles is 1. The maximum absolute atomic E-state index is 11.9. The number of rotatable bonds is 4. The van der Waals surface area contributed by atoms with Crippen LogP contribution in [0.2, 0.25) is 0 Å². The van der Waals surface area contributed by atoms with E-state index in [0.717, 1.165) is 14.8 Å². The second-order valence-corrected chi connectivity index (χ2v) is 6.98. The molecule has 0 aromatic carbocycles. The predicted octanol–water partition coefficient (Wildman–Crippen LogP) is 4.25. The van der Waals surface area contributed by atoms with Gasteiger partial charge in [0.2, 0.25) is 0 Å². The number of carbonyl (C=O) groups excluding carboxylic acids is 1. The smallest absolute Gasteiger partial charge is 0.348 e. The van der Waals surface area contributed by atoms with Gasteiger partial charge in [0.05, 0.1) is 16.9 Å². The van der Waals surface area contributed by atoms with Crippen LogP contribution in [0.5, 0.6) is 0 Å². The lowest BCUT2D eigenvalue weighted by Gasteiger charge is -2.00. The Balaban J connectivity index is 2.66. The van der Waals surface area contributed by atoms with Crippen molar-refractivity contribution in [3.05, 3.63) is 28.0 Å². The Morgan fingerprint density at radius 3 is 2.89 bits per heavy atom. The largest absolute Gasteiger partial charge is 0.465 e. The summed E-state index contributed by atoms with van der Waals surface area (Å²) in [6.45, 7) is 2.02. The quantitative estimate of drug-likeness (QED) is 0.626. The highest BCUT2D eigenvalue weighted by atomic mass is 32.2. The van der Waals surface area contributed by atoms with E-state index in [-0.39, 0.29) is 5.97 Å². The molecule has 0 aliphatic carbocycles. The van der Waals surface area contributed by atoms with Gasteiger partial charge in [-0.2, -0.15) is 5.26 Å². The minimum Gasteiger partial charge on any atom is -0.465 e. The minimum absolute atomic E-state index is 0.382. The Labute approximate surface area is 123 Å². The van der Waals surface area contributed by atoms with Gasteiger partial charge < -0.3 is 4.74 Å². The molecule has 0 radical (unpaired) electrons. The molecule has 0 saturated carbocycles. The van der Waals surface area contributed by atoms with E-state index >= 15 is 0 Å². The molecule has 0 aliphatic heterocycles. The molecule has 0 unspecified atom stereocenters. The summed E-state index contributed by atoms with van der Waals surface area (Å²) in [5.74, 6) is 0.479. The van der Waals surface area contributed by atoms with E-state index in [9.17, 15) is 10.1 Å². The average molecular weight is 309 g/mol. The average Bonchev–Trinajstić information content (AvgIpc) is 3.04. The van der Waals surface area contributed by atoms with Crippen LogP contribution in [-0.4, -0.2) is 18.8 Å². The maximum atomic E-state index is 11.9. The first-order chi connectivity index (χ1) is 9.22. The van der Waals surface area contributed by atoms with Crippen molar-refractivity contribution in [1.29, 1.82) is 5.26 Å². The Morgan fingerprint density at radius 1 is 1.58 bits per heavy atom. The van der Waals surface area contributed by atoms with Crippen LogP contribution in [-0.2, 0) is 4.74 Å². The molecule has 0 fully saturated rings. The van der Waals surface area contributed by atoms with Gasteiger partial charge in [-0.3, -0.25) is 0 Å². The highest BCUT2D eigenvalue weighted by Crippen LogP contribution is 2.43. The zero-order chi connectivity index (χ0) is 13.8. The molecule has 2 aromatic rings. The highest BCUT2D eigenvalue weighted by molar-refractivity contribution is 8.01. The zero-order valence-corrected chi connectivity index (χ0v) is 12.9. The lowest BCUT2D eigenvalue weighted by Crippen LogP contribution is -1.99. The van der Waals surface area contributed by atoms with Gasteiger partial charge in [-0.15, -0.1) is 34.4 Å². The monoisotopic (exact) mass is 309 g/mol. The van der Waals surface area contributed by atoms with Gasteiger partial charge in [0.25, 0.3) is 0 Å². The second-order valence-electron chi connectivity index (χ2n) is 3.48. The van der Waals surface area contributed by atoms with Gasteiger partial charge in [-0.25, -0.2) is 4.79 Å². The molecule has 19 heavy (non-hydrogen) atoms. The van der Waals surface area contributed by atoms with Crippen LogP contribution >= 0.6 is 34.4 Å². The van der Waals surface area contributed by atoms with Crippen LogP contribution in [0.3, 0.4) is 0 Å². The fraction of sp³-hybridized carbons (Fsp3) is 0.231. The SMILES string of the molecule is CCSc1sc(C(=O)OC)c(-c2cccs2)c1C#N. The van der Waals surface area contributed by atoms with Crippen molar-refractivity contribution >= 4 is 40.4 Å². The molecule has 2 rings (SSSR count). The molecule has 0 bridgehead atoms. The number of ether oxygens (including phenoxy) is 1. The molecular weight excluding hydrogens is 298 g/mol. The Kier molecular flexibility index (Phi) is 4.64. The minimum atomic E-state index is -0.382. The van der Waals surface area contributed by atoms with Crippen LogP contribution in [0.1, 0.15) is 22.2 Å². The molecular formula is C13H11NO2S3. The Morgan fingerprint density at radius 2 is 2.37 bits per heavy atom. The molecule has 0 N–H and O–H groups in total. The van der Waals surface area contributed by atoms with E-state index in [1.54, 1.807) is 11.8 Å². The number of thioether (sulfide) groups is 1. The van der Waals surface area contributed by atoms with Crippen LogP contribution in [0.25, 0.3) is 10.4 Å². The summed E-state index contributed by atoms with van der Waals surface area (Å²) in [4.78, 5) is 13.3. The number of hydrogen-bond acceptors (Lipinski definition) is 6. The zero-order valence-electron chi connectivity index (χ0n) is 10.4. The first-order valence-electron chi connectivity index (χ1n) is 5.54. The van der Waals surface area contributed by atoms with Crippen molar-refractivity contribution in [2.24, 2.45) is 0 Å². The molecule has 0 aliphatic rings. The lowest BCUT2D eigenvalue weighted by atomic mass is 10.1. The fourth-order valence-electron chi connectivity index (χ4n) is 1.64. The molecule has 0 amide bonds. The number of hydrogen-bond donors (Lipinski definition) is 0. The summed E-state index contributed by atoms with van der Waals surface area (Å²) in [6, 6.07) is 6.05. The van der Waals surface area contributed by atoms with Crippen molar-refractivity contribution < 1.29 is 9.53 Å². The van der Waals surface area contributed by atoms with E-state index in [1.165, 1.54) is 29.8 Å². The summed E-state index contributed by atoms with van der Waals surface area (Å²) in [5.41, 5.74) is 1.30. The van der Waals surface area contributed by atoms with Crippen molar-refractivity contribution in [2.75, 3.05) is 12.9 Å². The summed E-state index contributed by atoms with van der Waals surface area (Å²) >= 11 is 4.44. The molecule has 98 valence electrons. The van der Waals surface area contributed by atoms with Crippen LogP contribution in [0.4, 0.5) is 0 Å². The van der Waals surface area contributed by atoms with Crippen molar-refractivity contribution in [2.45, 2.75) is 11.1 Å². The van der Waals surface area contributed by atoms with Gasteiger partial charge >= 0.3 is 5.97 Å². The van der Waals surface area contributed by atoms with Gasteiger partial charge in [-0.1, -0.05) is 13.0 Å². The second kappa shape index (κ2) is 6.24. The van der Waals surface area contributed by atoms with Gasteiger partial charge in [0.15, 0.2) is 0 Å². The first-order valence-corrected chi connectivity index (χ1v) is 8.23.